The number of hydrogen-bond acceptors (Lipinski definition) is 4. The SMILES string of the molecule is CCCN1CCC(CN=C(NCC)NCCN(C)CCCOC)C1. The molecular weight excluding hydrogens is 302 g/mol. The summed E-state index contributed by atoms with van der Waals surface area (Å²) in [7, 11) is 3.91. The highest BCUT2D eigenvalue weighted by Gasteiger charge is 2.21. The molecule has 0 spiro atoms. The minimum absolute atomic E-state index is 0.712. The maximum atomic E-state index is 5.10. The van der Waals surface area contributed by atoms with Crippen molar-refractivity contribution < 1.29 is 4.74 Å². The maximum Gasteiger partial charge on any atom is 0.191 e. The Labute approximate surface area is 149 Å². The Balaban J connectivity index is 2.25. The van der Waals surface area contributed by atoms with Crippen LogP contribution in [0.25, 0.3) is 0 Å². The maximum absolute atomic E-state index is 5.10. The van der Waals surface area contributed by atoms with Gasteiger partial charge in [0.1, 0.15) is 0 Å². The van der Waals surface area contributed by atoms with Crippen LogP contribution >= 0.6 is 0 Å². The van der Waals surface area contributed by atoms with Crippen LogP contribution in [0.5, 0.6) is 0 Å². The minimum atomic E-state index is 0.712. The molecule has 142 valence electrons. The first-order valence-electron chi connectivity index (χ1n) is 9.61. The van der Waals surface area contributed by atoms with Gasteiger partial charge in [-0.05, 0) is 52.2 Å². The monoisotopic (exact) mass is 341 g/mol. The molecule has 0 aromatic carbocycles. The Morgan fingerprint density at radius 1 is 1.29 bits per heavy atom. The number of hydrogen-bond donors (Lipinski definition) is 2. The van der Waals surface area contributed by atoms with E-state index in [9.17, 15) is 0 Å². The van der Waals surface area contributed by atoms with Crippen molar-refractivity contribution in [3.8, 4) is 0 Å². The van der Waals surface area contributed by atoms with E-state index in [0.717, 1.165) is 51.7 Å². The van der Waals surface area contributed by atoms with Crippen LogP contribution in [-0.2, 0) is 4.74 Å². The van der Waals surface area contributed by atoms with Gasteiger partial charge in [0.25, 0.3) is 0 Å². The predicted octanol–water partition coefficient (Wildman–Crippen LogP) is 1.24. The quantitative estimate of drug-likeness (QED) is 0.318. The standard InChI is InChI=1S/C18H39N5O/c1-5-10-23-12-8-17(16-23)15-21-18(19-6-2)20-9-13-22(3)11-7-14-24-4/h17H,5-16H2,1-4H3,(H2,19,20,21). The zero-order valence-corrected chi connectivity index (χ0v) is 16.3. The Morgan fingerprint density at radius 2 is 2.12 bits per heavy atom. The third kappa shape index (κ3) is 9.45. The van der Waals surface area contributed by atoms with Crippen molar-refractivity contribution in [1.82, 2.24) is 20.4 Å². The van der Waals surface area contributed by atoms with E-state index in [1.54, 1.807) is 7.11 Å². The Hall–Kier alpha value is -0.850. The Kier molecular flexibility index (Phi) is 11.9. The van der Waals surface area contributed by atoms with E-state index >= 15 is 0 Å². The number of aliphatic imine (C=N–C) groups is 1. The molecule has 6 heteroatoms. The molecule has 0 saturated carbocycles. The van der Waals surface area contributed by atoms with Crippen LogP contribution in [-0.4, -0.2) is 88.9 Å². The molecule has 1 heterocycles. The summed E-state index contributed by atoms with van der Waals surface area (Å²) in [5, 5.41) is 6.81. The van der Waals surface area contributed by atoms with Crippen LogP contribution in [0.1, 0.15) is 33.1 Å². The summed E-state index contributed by atoms with van der Waals surface area (Å²) in [6.07, 6.45) is 3.61. The number of ether oxygens (including phenoxy) is 1. The number of guanidine groups is 1. The van der Waals surface area contributed by atoms with Crippen molar-refractivity contribution in [1.29, 1.82) is 0 Å². The molecule has 2 N–H and O–H groups in total. The van der Waals surface area contributed by atoms with Crippen LogP contribution in [0.15, 0.2) is 4.99 Å². The fourth-order valence-electron chi connectivity index (χ4n) is 3.10. The third-order valence-corrected chi connectivity index (χ3v) is 4.44. The lowest BCUT2D eigenvalue weighted by atomic mass is 10.1. The number of methoxy groups -OCH3 is 1. The number of rotatable bonds is 12. The second-order valence-corrected chi connectivity index (χ2v) is 6.75. The summed E-state index contributed by atoms with van der Waals surface area (Å²) in [4.78, 5) is 9.69. The van der Waals surface area contributed by atoms with Gasteiger partial charge in [0.05, 0.1) is 0 Å². The molecule has 1 fully saturated rings. The highest BCUT2D eigenvalue weighted by Crippen LogP contribution is 2.16. The average Bonchev–Trinajstić information content (AvgIpc) is 3.01. The predicted molar refractivity (Wildman–Crippen MR) is 103 cm³/mol. The van der Waals surface area contributed by atoms with E-state index < -0.39 is 0 Å². The lowest BCUT2D eigenvalue weighted by Gasteiger charge is -2.18. The van der Waals surface area contributed by atoms with E-state index in [1.165, 1.54) is 32.5 Å². The molecule has 0 aromatic heterocycles. The third-order valence-electron chi connectivity index (χ3n) is 4.44. The van der Waals surface area contributed by atoms with E-state index in [1.807, 2.05) is 0 Å². The van der Waals surface area contributed by atoms with Crippen LogP contribution in [0, 0.1) is 5.92 Å². The van der Waals surface area contributed by atoms with Gasteiger partial charge in [-0.1, -0.05) is 6.92 Å². The zero-order chi connectivity index (χ0) is 17.6. The van der Waals surface area contributed by atoms with E-state index in [4.69, 9.17) is 9.73 Å². The van der Waals surface area contributed by atoms with E-state index in [2.05, 4.69) is 41.3 Å². The molecule has 0 radical (unpaired) electrons. The first kappa shape index (κ1) is 21.2. The summed E-state index contributed by atoms with van der Waals surface area (Å²) in [6, 6.07) is 0. The normalized spacial score (nSPS) is 19.2. The largest absolute Gasteiger partial charge is 0.385 e. The highest BCUT2D eigenvalue weighted by atomic mass is 16.5. The molecular formula is C18H39N5O. The molecule has 1 aliphatic heterocycles. The summed E-state index contributed by atoms with van der Waals surface area (Å²) in [6.45, 7) is 13.7. The van der Waals surface area contributed by atoms with Gasteiger partial charge in [-0.2, -0.15) is 0 Å². The fourth-order valence-corrected chi connectivity index (χ4v) is 3.10. The molecule has 0 aliphatic carbocycles. The number of nitrogens with zero attached hydrogens (tertiary/aromatic N) is 3. The van der Waals surface area contributed by atoms with Gasteiger partial charge in [0, 0.05) is 53.0 Å². The lowest BCUT2D eigenvalue weighted by Crippen LogP contribution is -2.41. The number of likely N-dealkylation sites (N-methyl/N-ethyl adjacent to an activating group) is 1. The molecule has 1 saturated heterocycles. The average molecular weight is 342 g/mol. The first-order valence-corrected chi connectivity index (χ1v) is 9.61. The smallest absolute Gasteiger partial charge is 0.191 e. The van der Waals surface area contributed by atoms with E-state index in [0.29, 0.717) is 5.92 Å². The van der Waals surface area contributed by atoms with Gasteiger partial charge in [-0.3, -0.25) is 4.99 Å². The molecule has 0 bridgehead atoms. The molecule has 6 nitrogen and oxygen atoms in total. The lowest BCUT2D eigenvalue weighted by molar-refractivity contribution is 0.180. The topological polar surface area (TPSA) is 52.1 Å². The van der Waals surface area contributed by atoms with Crippen molar-refractivity contribution >= 4 is 5.96 Å². The van der Waals surface area contributed by atoms with Gasteiger partial charge in [0.2, 0.25) is 0 Å². The van der Waals surface area contributed by atoms with Gasteiger partial charge in [-0.15, -0.1) is 0 Å². The molecule has 1 unspecified atom stereocenters. The van der Waals surface area contributed by atoms with Gasteiger partial charge < -0.3 is 25.2 Å². The molecule has 24 heavy (non-hydrogen) atoms. The van der Waals surface area contributed by atoms with Crippen molar-refractivity contribution in [3.63, 3.8) is 0 Å². The fraction of sp³-hybridized carbons (Fsp3) is 0.944. The number of nitrogens with one attached hydrogen (secondary N) is 2. The van der Waals surface area contributed by atoms with E-state index in [-0.39, 0.29) is 0 Å². The Bertz CT molecular complexity index is 337. The van der Waals surface area contributed by atoms with Crippen molar-refractivity contribution in [2.45, 2.75) is 33.1 Å². The van der Waals surface area contributed by atoms with Crippen molar-refractivity contribution in [2.24, 2.45) is 10.9 Å². The van der Waals surface area contributed by atoms with Crippen molar-refractivity contribution in [2.75, 3.05) is 73.1 Å². The molecule has 1 aliphatic rings. The summed E-state index contributed by atoms with van der Waals surface area (Å²) >= 11 is 0. The molecule has 1 rings (SSSR count). The summed E-state index contributed by atoms with van der Waals surface area (Å²) in [5.74, 6) is 1.67. The first-order chi connectivity index (χ1) is 11.7. The second-order valence-electron chi connectivity index (χ2n) is 6.75. The van der Waals surface area contributed by atoms with Crippen LogP contribution in [0.4, 0.5) is 0 Å². The van der Waals surface area contributed by atoms with Crippen molar-refractivity contribution in [3.05, 3.63) is 0 Å². The van der Waals surface area contributed by atoms with Crippen LogP contribution in [0.2, 0.25) is 0 Å². The minimum Gasteiger partial charge on any atom is -0.385 e. The zero-order valence-electron chi connectivity index (χ0n) is 16.3. The van der Waals surface area contributed by atoms with Crippen LogP contribution in [0.3, 0.4) is 0 Å². The second kappa shape index (κ2) is 13.4. The number of likely N-dealkylation sites (tertiary alicyclic amines) is 1. The van der Waals surface area contributed by atoms with Crippen LogP contribution < -0.4 is 10.6 Å². The molecule has 1 atom stereocenters. The molecule has 0 aromatic rings. The Morgan fingerprint density at radius 3 is 2.83 bits per heavy atom. The van der Waals surface area contributed by atoms with Gasteiger partial charge in [-0.25, -0.2) is 0 Å². The molecule has 0 amide bonds. The summed E-state index contributed by atoms with van der Waals surface area (Å²) in [5.41, 5.74) is 0. The summed E-state index contributed by atoms with van der Waals surface area (Å²) < 4.78 is 5.10. The van der Waals surface area contributed by atoms with Gasteiger partial charge in [0.15, 0.2) is 5.96 Å². The van der Waals surface area contributed by atoms with Gasteiger partial charge >= 0.3 is 0 Å². The highest BCUT2D eigenvalue weighted by molar-refractivity contribution is 5.79.